The number of nitrogens with zero attached hydrogens (tertiary/aromatic N) is 1. The molecule has 0 radical (unpaired) electrons. The molecule has 1 rings (SSSR count). The molecule has 0 saturated carbocycles. The van der Waals surface area contributed by atoms with Gasteiger partial charge in [-0.15, -0.1) is 11.8 Å². The molecular weight excluding hydrogens is 218 g/mol. The van der Waals surface area contributed by atoms with Crippen LogP contribution in [-0.2, 0) is 0 Å². The lowest BCUT2D eigenvalue weighted by Crippen LogP contribution is -2.02. The highest BCUT2D eigenvalue weighted by Crippen LogP contribution is 2.28. The van der Waals surface area contributed by atoms with Gasteiger partial charge in [-0.3, -0.25) is 0 Å². The van der Waals surface area contributed by atoms with Gasteiger partial charge in [0.25, 0.3) is 0 Å². The summed E-state index contributed by atoms with van der Waals surface area (Å²) in [6.07, 6.45) is 0. The molecule has 0 aliphatic carbocycles. The minimum atomic E-state index is 0.0700. The topological polar surface area (TPSA) is 44.0 Å². The summed E-state index contributed by atoms with van der Waals surface area (Å²) in [5.74, 6) is 0. The van der Waals surface area contributed by atoms with E-state index in [4.69, 9.17) is 22.0 Å². The fourth-order valence-corrected chi connectivity index (χ4v) is 2.12. The Morgan fingerprint density at radius 3 is 2.93 bits per heavy atom. The van der Waals surface area contributed by atoms with Crippen molar-refractivity contribution in [1.29, 1.82) is 5.26 Å². The molecule has 0 aromatic heterocycles. The Bertz CT molecular complexity index is 362. The number of rotatable bonds is 3. The van der Waals surface area contributed by atoms with Crippen molar-refractivity contribution in [3.8, 4) is 6.07 Å². The fraction of sp³-hybridized carbons (Fsp3) is 0.300. The fourth-order valence-electron chi connectivity index (χ4n) is 0.940. The molecule has 0 saturated heterocycles. The van der Waals surface area contributed by atoms with Crippen molar-refractivity contribution in [2.75, 3.05) is 6.61 Å². The lowest BCUT2D eigenvalue weighted by molar-refractivity contribution is 0.300. The van der Waals surface area contributed by atoms with E-state index in [0.717, 1.165) is 4.90 Å². The third-order valence-electron chi connectivity index (χ3n) is 1.65. The van der Waals surface area contributed by atoms with Crippen LogP contribution in [0.3, 0.4) is 0 Å². The van der Waals surface area contributed by atoms with E-state index in [9.17, 15) is 0 Å². The molecule has 0 amide bonds. The van der Waals surface area contributed by atoms with E-state index in [-0.39, 0.29) is 11.9 Å². The van der Waals surface area contributed by atoms with E-state index in [1.807, 2.05) is 6.92 Å². The molecule has 4 heteroatoms. The van der Waals surface area contributed by atoms with Crippen LogP contribution in [0.1, 0.15) is 12.5 Å². The molecule has 0 aliphatic heterocycles. The van der Waals surface area contributed by atoms with Gasteiger partial charge in [0.2, 0.25) is 0 Å². The predicted octanol–water partition coefficient (Wildman–Crippen LogP) is 2.68. The van der Waals surface area contributed by atoms with Gasteiger partial charge in [-0.25, -0.2) is 0 Å². The first kappa shape index (κ1) is 11.4. The van der Waals surface area contributed by atoms with Crippen molar-refractivity contribution in [2.24, 2.45) is 0 Å². The van der Waals surface area contributed by atoms with Crippen LogP contribution in [0.5, 0.6) is 0 Å². The summed E-state index contributed by atoms with van der Waals surface area (Å²) in [4.78, 5) is 0.821. The Balaban J connectivity index is 2.94. The molecule has 14 heavy (non-hydrogen) atoms. The number of hydrogen-bond acceptors (Lipinski definition) is 3. The van der Waals surface area contributed by atoms with Gasteiger partial charge >= 0.3 is 0 Å². The first-order valence-corrected chi connectivity index (χ1v) is 5.40. The van der Waals surface area contributed by atoms with Crippen LogP contribution in [-0.4, -0.2) is 17.0 Å². The Kier molecular flexibility index (Phi) is 4.27. The van der Waals surface area contributed by atoms with Crippen molar-refractivity contribution < 1.29 is 5.11 Å². The van der Waals surface area contributed by atoms with Crippen LogP contribution in [0.2, 0.25) is 5.02 Å². The van der Waals surface area contributed by atoms with Gasteiger partial charge in [-0.1, -0.05) is 18.5 Å². The highest BCUT2D eigenvalue weighted by atomic mass is 35.5. The SMILES string of the molecule is CC(CO)Sc1cc(Cl)ccc1C#N. The Morgan fingerprint density at radius 2 is 2.36 bits per heavy atom. The van der Waals surface area contributed by atoms with E-state index in [0.29, 0.717) is 10.6 Å². The zero-order valence-electron chi connectivity index (χ0n) is 7.70. The van der Waals surface area contributed by atoms with E-state index in [1.165, 1.54) is 11.8 Å². The molecule has 0 fully saturated rings. The summed E-state index contributed by atoms with van der Waals surface area (Å²) >= 11 is 7.27. The minimum absolute atomic E-state index is 0.0700. The van der Waals surface area contributed by atoms with E-state index < -0.39 is 0 Å². The van der Waals surface area contributed by atoms with E-state index in [1.54, 1.807) is 18.2 Å². The summed E-state index contributed by atoms with van der Waals surface area (Å²) in [5, 5.41) is 18.4. The minimum Gasteiger partial charge on any atom is -0.395 e. The summed E-state index contributed by atoms with van der Waals surface area (Å²) in [6, 6.07) is 7.22. The van der Waals surface area contributed by atoms with Crippen molar-refractivity contribution >= 4 is 23.4 Å². The average molecular weight is 228 g/mol. The van der Waals surface area contributed by atoms with Crippen LogP contribution in [0.25, 0.3) is 0 Å². The zero-order valence-corrected chi connectivity index (χ0v) is 9.27. The number of aliphatic hydroxyl groups is 1. The van der Waals surface area contributed by atoms with Gasteiger partial charge in [-0.05, 0) is 18.2 Å². The quantitative estimate of drug-likeness (QED) is 0.808. The Morgan fingerprint density at radius 1 is 1.64 bits per heavy atom. The second kappa shape index (κ2) is 5.26. The Hall–Kier alpha value is -0.690. The lowest BCUT2D eigenvalue weighted by atomic mass is 10.2. The molecular formula is C10H10ClNOS. The molecule has 0 aliphatic rings. The van der Waals surface area contributed by atoms with Gasteiger partial charge in [0.05, 0.1) is 12.2 Å². The van der Waals surface area contributed by atoms with Crippen molar-refractivity contribution in [1.82, 2.24) is 0 Å². The molecule has 1 aromatic carbocycles. The summed E-state index contributed by atoms with van der Waals surface area (Å²) in [6.45, 7) is 1.98. The maximum Gasteiger partial charge on any atom is 0.100 e. The third kappa shape index (κ3) is 2.91. The number of benzene rings is 1. The lowest BCUT2D eigenvalue weighted by Gasteiger charge is -2.08. The van der Waals surface area contributed by atoms with Gasteiger partial charge in [0.15, 0.2) is 0 Å². The maximum absolute atomic E-state index is 8.89. The predicted molar refractivity (Wildman–Crippen MR) is 58.6 cm³/mol. The van der Waals surface area contributed by atoms with E-state index in [2.05, 4.69) is 6.07 Å². The van der Waals surface area contributed by atoms with Gasteiger partial charge in [0, 0.05) is 15.2 Å². The highest BCUT2D eigenvalue weighted by molar-refractivity contribution is 8.00. The molecule has 1 aromatic rings. The normalized spacial score (nSPS) is 12.1. The van der Waals surface area contributed by atoms with Crippen molar-refractivity contribution in [3.05, 3.63) is 28.8 Å². The molecule has 1 atom stereocenters. The maximum atomic E-state index is 8.89. The van der Waals surface area contributed by atoms with Crippen LogP contribution < -0.4 is 0 Å². The smallest absolute Gasteiger partial charge is 0.100 e. The van der Waals surface area contributed by atoms with Crippen LogP contribution in [0.4, 0.5) is 0 Å². The van der Waals surface area contributed by atoms with Crippen LogP contribution in [0.15, 0.2) is 23.1 Å². The first-order chi connectivity index (χ1) is 6.67. The number of hydrogen-bond donors (Lipinski definition) is 1. The molecule has 0 bridgehead atoms. The van der Waals surface area contributed by atoms with Crippen molar-refractivity contribution in [3.63, 3.8) is 0 Å². The molecule has 2 nitrogen and oxygen atoms in total. The number of nitriles is 1. The number of thioether (sulfide) groups is 1. The zero-order chi connectivity index (χ0) is 10.6. The standard InChI is InChI=1S/C10H10ClNOS/c1-7(6-13)14-10-4-9(11)3-2-8(10)5-12/h2-4,7,13H,6H2,1H3. The number of halogens is 1. The molecule has 74 valence electrons. The second-order valence-corrected chi connectivity index (χ2v) is 4.78. The van der Waals surface area contributed by atoms with Gasteiger partial charge in [0.1, 0.15) is 6.07 Å². The average Bonchev–Trinajstić information content (AvgIpc) is 2.18. The summed E-state index contributed by atoms with van der Waals surface area (Å²) < 4.78 is 0. The Labute approximate surface area is 92.5 Å². The largest absolute Gasteiger partial charge is 0.395 e. The first-order valence-electron chi connectivity index (χ1n) is 4.14. The molecule has 1 unspecified atom stereocenters. The van der Waals surface area contributed by atoms with Crippen molar-refractivity contribution in [2.45, 2.75) is 17.1 Å². The van der Waals surface area contributed by atoms with Gasteiger partial charge < -0.3 is 5.11 Å². The third-order valence-corrected chi connectivity index (χ3v) is 3.03. The molecule has 0 spiro atoms. The second-order valence-electron chi connectivity index (χ2n) is 2.86. The summed E-state index contributed by atoms with van der Waals surface area (Å²) in [7, 11) is 0. The number of aliphatic hydroxyl groups excluding tert-OH is 1. The molecule has 1 N–H and O–H groups in total. The highest BCUT2D eigenvalue weighted by Gasteiger charge is 2.07. The molecule has 0 heterocycles. The monoisotopic (exact) mass is 227 g/mol. The van der Waals surface area contributed by atoms with E-state index >= 15 is 0 Å². The van der Waals surface area contributed by atoms with Crippen LogP contribution in [0, 0.1) is 11.3 Å². The van der Waals surface area contributed by atoms with Gasteiger partial charge in [-0.2, -0.15) is 5.26 Å². The van der Waals surface area contributed by atoms with Crippen LogP contribution >= 0.6 is 23.4 Å². The summed E-state index contributed by atoms with van der Waals surface area (Å²) in [5.41, 5.74) is 0.597.